The number of aromatic nitrogens is 2. The summed E-state index contributed by atoms with van der Waals surface area (Å²) in [7, 11) is 1.59. The van der Waals surface area contributed by atoms with Crippen molar-refractivity contribution in [2.24, 2.45) is 0 Å². The number of aryl methyl sites for hydroxylation is 4. The second-order valence-electron chi connectivity index (χ2n) is 5.00. The number of fused-ring (bicyclic) bond motifs is 1. The molecule has 0 bridgehead atoms. The fraction of sp³-hybridized carbons (Fsp3) is 0.400. The van der Waals surface area contributed by atoms with Gasteiger partial charge < -0.3 is 9.88 Å². The quantitative estimate of drug-likeness (QED) is 0.920. The maximum Gasteiger partial charge on any atom is 0.272 e. The van der Waals surface area contributed by atoms with Crippen LogP contribution in [0, 0.1) is 20.8 Å². The van der Waals surface area contributed by atoms with Gasteiger partial charge in [-0.15, -0.1) is 0 Å². The van der Waals surface area contributed by atoms with Crippen LogP contribution in [0.1, 0.15) is 23.2 Å². The molecule has 1 amide bonds. The van der Waals surface area contributed by atoms with Gasteiger partial charge in [-0.2, -0.15) is 0 Å². The maximum absolute atomic E-state index is 12.2. The van der Waals surface area contributed by atoms with E-state index in [2.05, 4.69) is 10.3 Å². The Balaban J connectivity index is 2.61. The molecule has 0 saturated carbocycles. The number of rotatable bonds is 3. The molecular weight excluding hydrogens is 254 g/mol. The SMILES string of the molecule is CNC(=O)CCn1c(=O)c(C)nc2cc(C)c(C)cc21. The highest BCUT2D eigenvalue weighted by molar-refractivity contribution is 5.78. The van der Waals surface area contributed by atoms with Gasteiger partial charge in [-0.05, 0) is 44.0 Å². The molecule has 5 heteroatoms. The van der Waals surface area contributed by atoms with Crippen LogP contribution in [0.3, 0.4) is 0 Å². The van der Waals surface area contributed by atoms with Crippen LogP contribution >= 0.6 is 0 Å². The van der Waals surface area contributed by atoms with Gasteiger partial charge in [-0.3, -0.25) is 9.59 Å². The number of nitrogens with zero attached hydrogens (tertiary/aromatic N) is 2. The third kappa shape index (κ3) is 2.57. The van der Waals surface area contributed by atoms with Gasteiger partial charge in [0.05, 0.1) is 11.0 Å². The summed E-state index contributed by atoms with van der Waals surface area (Å²) in [5, 5.41) is 2.57. The van der Waals surface area contributed by atoms with Crippen molar-refractivity contribution in [1.82, 2.24) is 14.9 Å². The monoisotopic (exact) mass is 273 g/mol. The molecule has 0 fully saturated rings. The molecule has 0 aliphatic rings. The van der Waals surface area contributed by atoms with E-state index in [1.165, 1.54) is 0 Å². The highest BCUT2D eigenvalue weighted by atomic mass is 16.1. The second kappa shape index (κ2) is 5.45. The third-order valence-electron chi connectivity index (χ3n) is 3.57. The normalized spacial score (nSPS) is 10.8. The molecule has 20 heavy (non-hydrogen) atoms. The van der Waals surface area contributed by atoms with Crippen LogP contribution in [0.5, 0.6) is 0 Å². The van der Waals surface area contributed by atoms with Crippen molar-refractivity contribution in [3.05, 3.63) is 39.3 Å². The van der Waals surface area contributed by atoms with E-state index >= 15 is 0 Å². The lowest BCUT2D eigenvalue weighted by molar-refractivity contribution is -0.120. The van der Waals surface area contributed by atoms with E-state index in [-0.39, 0.29) is 17.9 Å². The number of benzene rings is 1. The summed E-state index contributed by atoms with van der Waals surface area (Å²) in [6, 6.07) is 3.94. The number of carbonyl (C=O) groups excluding carboxylic acids is 1. The Morgan fingerprint density at radius 1 is 1.25 bits per heavy atom. The minimum Gasteiger partial charge on any atom is -0.359 e. The van der Waals surface area contributed by atoms with Gasteiger partial charge in [0.2, 0.25) is 5.91 Å². The molecular formula is C15H19N3O2. The minimum atomic E-state index is -0.135. The van der Waals surface area contributed by atoms with Crippen LogP contribution in [0.15, 0.2) is 16.9 Å². The molecule has 0 atom stereocenters. The van der Waals surface area contributed by atoms with Crippen molar-refractivity contribution in [2.45, 2.75) is 33.7 Å². The smallest absolute Gasteiger partial charge is 0.272 e. The third-order valence-corrected chi connectivity index (χ3v) is 3.57. The van der Waals surface area contributed by atoms with Gasteiger partial charge in [0.25, 0.3) is 5.56 Å². The molecule has 1 aromatic heterocycles. The Labute approximate surface area is 117 Å². The van der Waals surface area contributed by atoms with E-state index in [0.717, 1.165) is 22.2 Å². The van der Waals surface area contributed by atoms with Crippen LogP contribution < -0.4 is 10.9 Å². The number of carbonyl (C=O) groups is 1. The molecule has 0 unspecified atom stereocenters. The number of nitrogens with one attached hydrogen (secondary N) is 1. The van der Waals surface area contributed by atoms with Crippen LogP contribution in [0.4, 0.5) is 0 Å². The summed E-state index contributed by atoms with van der Waals surface area (Å²) in [5.41, 5.74) is 4.15. The van der Waals surface area contributed by atoms with E-state index in [4.69, 9.17) is 0 Å². The Kier molecular flexibility index (Phi) is 3.88. The molecule has 1 aromatic carbocycles. The summed E-state index contributed by atoms with van der Waals surface area (Å²) < 4.78 is 1.64. The fourth-order valence-electron chi connectivity index (χ4n) is 2.19. The lowest BCUT2D eigenvalue weighted by Gasteiger charge is -2.12. The molecule has 0 aliphatic heterocycles. The van der Waals surface area contributed by atoms with E-state index < -0.39 is 0 Å². The van der Waals surface area contributed by atoms with Gasteiger partial charge in [0.1, 0.15) is 5.69 Å². The van der Waals surface area contributed by atoms with Crippen molar-refractivity contribution in [1.29, 1.82) is 0 Å². The van der Waals surface area contributed by atoms with Gasteiger partial charge in [-0.25, -0.2) is 4.98 Å². The van der Waals surface area contributed by atoms with Crippen LogP contribution in [-0.4, -0.2) is 22.5 Å². The van der Waals surface area contributed by atoms with Gasteiger partial charge in [0, 0.05) is 20.0 Å². The number of amides is 1. The summed E-state index contributed by atoms with van der Waals surface area (Å²) in [6.45, 7) is 6.09. The molecule has 106 valence electrons. The first-order valence-corrected chi connectivity index (χ1v) is 6.63. The average molecular weight is 273 g/mol. The Hall–Kier alpha value is -2.17. The van der Waals surface area contributed by atoms with Gasteiger partial charge in [-0.1, -0.05) is 0 Å². The summed E-state index contributed by atoms with van der Waals surface area (Å²) in [5.74, 6) is -0.0802. The van der Waals surface area contributed by atoms with Crippen LogP contribution in [-0.2, 0) is 11.3 Å². The Morgan fingerprint density at radius 2 is 1.90 bits per heavy atom. The zero-order chi connectivity index (χ0) is 14.9. The molecule has 5 nitrogen and oxygen atoms in total. The fourth-order valence-corrected chi connectivity index (χ4v) is 2.19. The molecule has 1 heterocycles. The molecule has 0 aliphatic carbocycles. The lowest BCUT2D eigenvalue weighted by atomic mass is 10.1. The molecule has 0 spiro atoms. The first-order chi connectivity index (χ1) is 9.43. The van der Waals surface area contributed by atoms with Crippen molar-refractivity contribution in [3.63, 3.8) is 0 Å². The zero-order valence-electron chi connectivity index (χ0n) is 12.3. The molecule has 0 saturated heterocycles. The van der Waals surface area contributed by atoms with E-state index in [0.29, 0.717) is 12.2 Å². The maximum atomic E-state index is 12.2. The molecule has 2 rings (SSSR count). The van der Waals surface area contributed by atoms with E-state index in [1.807, 2.05) is 26.0 Å². The minimum absolute atomic E-state index is 0.0802. The molecule has 0 radical (unpaired) electrons. The Bertz CT molecular complexity index is 732. The van der Waals surface area contributed by atoms with Crippen LogP contribution in [0.2, 0.25) is 0 Å². The topological polar surface area (TPSA) is 64.0 Å². The van der Waals surface area contributed by atoms with Gasteiger partial charge >= 0.3 is 0 Å². The van der Waals surface area contributed by atoms with Crippen LogP contribution in [0.25, 0.3) is 11.0 Å². The first-order valence-electron chi connectivity index (χ1n) is 6.63. The lowest BCUT2D eigenvalue weighted by Crippen LogP contribution is -2.27. The summed E-state index contributed by atoms with van der Waals surface area (Å²) >= 11 is 0. The first kappa shape index (κ1) is 14.2. The zero-order valence-corrected chi connectivity index (χ0v) is 12.3. The molecule has 2 aromatic rings. The predicted molar refractivity (Wildman–Crippen MR) is 78.9 cm³/mol. The predicted octanol–water partition coefficient (Wildman–Crippen LogP) is 1.46. The van der Waals surface area contributed by atoms with E-state index in [1.54, 1.807) is 18.5 Å². The van der Waals surface area contributed by atoms with Gasteiger partial charge in [0.15, 0.2) is 0 Å². The van der Waals surface area contributed by atoms with Crippen molar-refractivity contribution in [3.8, 4) is 0 Å². The highest BCUT2D eigenvalue weighted by Crippen LogP contribution is 2.17. The number of hydrogen-bond acceptors (Lipinski definition) is 3. The largest absolute Gasteiger partial charge is 0.359 e. The average Bonchev–Trinajstić information content (AvgIpc) is 2.41. The standard InChI is InChI=1S/C15H19N3O2/c1-9-7-12-13(8-10(9)2)18(6-5-14(19)16-4)15(20)11(3)17-12/h7-8H,5-6H2,1-4H3,(H,16,19). The Morgan fingerprint density at radius 3 is 2.55 bits per heavy atom. The van der Waals surface area contributed by atoms with Crippen molar-refractivity contribution >= 4 is 16.9 Å². The highest BCUT2D eigenvalue weighted by Gasteiger charge is 2.10. The van der Waals surface area contributed by atoms with E-state index in [9.17, 15) is 9.59 Å². The second-order valence-corrected chi connectivity index (χ2v) is 5.00. The summed E-state index contributed by atoms with van der Waals surface area (Å²) in [4.78, 5) is 28.0. The van der Waals surface area contributed by atoms with Crippen molar-refractivity contribution in [2.75, 3.05) is 7.05 Å². The summed E-state index contributed by atoms with van der Waals surface area (Å²) in [6.07, 6.45) is 0.280. The molecule has 1 N–H and O–H groups in total. The van der Waals surface area contributed by atoms with Crippen molar-refractivity contribution < 1.29 is 4.79 Å². The number of hydrogen-bond donors (Lipinski definition) is 1.